The second kappa shape index (κ2) is 8.51. The van der Waals surface area contributed by atoms with Crippen LogP contribution < -0.4 is 0 Å². The van der Waals surface area contributed by atoms with Gasteiger partial charge in [-0.1, -0.05) is 39.2 Å². The molecule has 0 aromatic carbocycles. The van der Waals surface area contributed by atoms with Gasteiger partial charge >= 0.3 is 0 Å². The van der Waals surface area contributed by atoms with E-state index < -0.39 is 0 Å². The summed E-state index contributed by atoms with van der Waals surface area (Å²) in [5, 5.41) is 0. The molecular weight excluding hydrogens is 148 g/mol. The Hall–Kier alpha value is -0.590. The third-order valence-electron chi connectivity index (χ3n) is 2.09. The first kappa shape index (κ1) is 11.4. The van der Waals surface area contributed by atoms with Crippen LogP contribution in [0.15, 0.2) is 12.2 Å². The van der Waals surface area contributed by atoms with Crippen molar-refractivity contribution in [1.29, 1.82) is 0 Å². The highest BCUT2D eigenvalue weighted by molar-refractivity contribution is 5.64. The second-order valence-corrected chi connectivity index (χ2v) is 3.39. The van der Waals surface area contributed by atoms with Gasteiger partial charge in [0, 0.05) is 0 Å². The van der Waals surface area contributed by atoms with Crippen LogP contribution in [0.25, 0.3) is 0 Å². The third kappa shape index (κ3) is 7.52. The number of unbranched alkanes of at least 4 members (excludes halogenated alkanes) is 1. The highest BCUT2D eigenvalue weighted by Crippen LogP contribution is 2.13. The molecule has 0 aromatic rings. The Morgan fingerprint density at radius 1 is 1.33 bits per heavy atom. The van der Waals surface area contributed by atoms with Gasteiger partial charge in [-0.2, -0.15) is 0 Å². The SMILES string of the molecule is CCCCC(C)CCC=CC=O. The molecule has 0 fully saturated rings. The van der Waals surface area contributed by atoms with Crippen molar-refractivity contribution >= 4 is 6.29 Å². The van der Waals surface area contributed by atoms with Gasteiger partial charge in [0.25, 0.3) is 0 Å². The number of carbonyl (C=O) groups is 1. The first-order valence-corrected chi connectivity index (χ1v) is 4.91. The summed E-state index contributed by atoms with van der Waals surface area (Å²) < 4.78 is 0. The summed E-state index contributed by atoms with van der Waals surface area (Å²) in [4.78, 5) is 9.93. The summed E-state index contributed by atoms with van der Waals surface area (Å²) in [5.74, 6) is 0.807. The predicted molar refractivity (Wildman–Crippen MR) is 53.1 cm³/mol. The lowest BCUT2D eigenvalue weighted by Crippen LogP contribution is -1.92. The van der Waals surface area contributed by atoms with Crippen molar-refractivity contribution in [2.75, 3.05) is 0 Å². The van der Waals surface area contributed by atoms with Crippen LogP contribution in [0.3, 0.4) is 0 Å². The van der Waals surface area contributed by atoms with E-state index in [-0.39, 0.29) is 0 Å². The largest absolute Gasteiger partial charge is 0.299 e. The van der Waals surface area contributed by atoms with Crippen molar-refractivity contribution in [2.24, 2.45) is 5.92 Å². The van der Waals surface area contributed by atoms with Gasteiger partial charge in [0.2, 0.25) is 0 Å². The van der Waals surface area contributed by atoms with Crippen LogP contribution in [0.4, 0.5) is 0 Å². The molecule has 0 bridgehead atoms. The molecule has 0 spiro atoms. The molecule has 1 heteroatoms. The van der Waals surface area contributed by atoms with Crippen LogP contribution in [0.2, 0.25) is 0 Å². The van der Waals surface area contributed by atoms with Crippen molar-refractivity contribution in [3.8, 4) is 0 Å². The van der Waals surface area contributed by atoms with Crippen LogP contribution in [-0.2, 0) is 4.79 Å². The lowest BCUT2D eigenvalue weighted by molar-refractivity contribution is -0.104. The van der Waals surface area contributed by atoms with E-state index in [0.29, 0.717) is 0 Å². The summed E-state index contributed by atoms with van der Waals surface area (Å²) in [6.45, 7) is 4.50. The van der Waals surface area contributed by atoms with Gasteiger partial charge in [-0.05, 0) is 24.8 Å². The molecule has 0 aromatic heterocycles. The van der Waals surface area contributed by atoms with Gasteiger partial charge in [-0.25, -0.2) is 0 Å². The zero-order valence-electron chi connectivity index (χ0n) is 8.25. The maximum Gasteiger partial charge on any atom is 0.142 e. The van der Waals surface area contributed by atoms with Gasteiger partial charge in [0.15, 0.2) is 0 Å². The Kier molecular flexibility index (Phi) is 8.09. The van der Waals surface area contributed by atoms with E-state index in [1.807, 2.05) is 6.08 Å². The van der Waals surface area contributed by atoms with E-state index in [9.17, 15) is 4.79 Å². The van der Waals surface area contributed by atoms with E-state index in [2.05, 4.69) is 13.8 Å². The summed E-state index contributed by atoms with van der Waals surface area (Å²) in [7, 11) is 0. The molecule has 1 atom stereocenters. The average molecular weight is 168 g/mol. The maximum atomic E-state index is 9.93. The van der Waals surface area contributed by atoms with Gasteiger partial charge < -0.3 is 0 Å². The molecule has 0 aliphatic carbocycles. The van der Waals surface area contributed by atoms with Crippen molar-refractivity contribution in [3.05, 3.63) is 12.2 Å². The molecule has 1 unspecified atom stereocenters. The molecule has 0 heterocycles. The summed E-state index contributed by atoms with van der Waals surface area (Å²) in [6, 6.07) is 0. The maximum absolute atomic E-state index is 9.93. The van der Waals surface area contributed by atoms with Crippen LogP contribution in [0, 0.1) is 5.92 Å². The highest BCUT2D eigenvalue weighted by atomic mass is 16.1. The molecule has 0 N–H and O–H groups in total. The zero-order chi connectivity index (χ0) is 9.23. The summed E-state index contributed by atoms with van der Waals surface area (Å²) in [5.41, 5.74) is 0. The number of hydrogen-bond acceptors (Lipinski definition) is 1. The molecule has 0 rings (SSSR count). The predicted octanol–water partition coefficient (Wildman–Crippen LogP) is 3.35. The van der Waals surface area contributed by atoms with Crippen LogP contribution in [0.1, 0.15) is 46.0 Å². The number of rotatable bonds is 7. The summed E-state index contributed by atoms with van der Waals surface area (Å²) >= 11 is 0. The first-order valence-electron chi connectivity index (χ1n) is 4.91. The summed E-state index contributed by atoms with van der Waals surface area (Å²) in [6.07, 6.45) is 10.6. The van der Waals surface area contributed by atoms with Gasteiger partial charge in [-0.15, -0.1) is 0 Å². The average Bonchev–Trinajstić information content (AvgIpc) is 2.09. The molecule has 0 saturated heterocycles. The molecule has 0 aliphatic rings. The molecule has 12 heavy (non-hydrogen) atoms. The molecule has 70 valence electrons. The first-order chi connectivity index (χ1) is 5.81. The van der Waals surface area contributed by atoms with Crippen molar-refractivity contribution < 1.29 is 4.79 Å². The Balaban J connectivity index is 3.24. The van der Waals surface area contributed by atoms with Gasteiger partial charge in [-0.3, -0.25) is 4.79 Å². The number of aldehydes is 1. The Bertz CT molecular complexity index is 127. The van der Waals surface area contributed by atoms with Gasteiger partial charge in [0.05, 0.1) is 0 Å². The lowest BCUT2D eigenvalue weighted by Gasteiger charge is -2.07. The molecule has 0 amide bonds. The fourth-order valence-electron chi connectivity index (χ4n) is 1.23. The van der Waals surface area contributed by atoms with E-state index in [1.54, 1.807) is 6.08 Å². The normalized spacial score (nSPS) is 13.5. The monoisotopic (exact) mass is 168 g/mol. The molecule has 1 nitrogen and oxygen atoms in total. The van der Waals surface area contributed by atoms with E-state index in [4.69, 9.17) is 0 Å². The second-order valence-electron chi connectivity index (χ2n) is 3.39. The standard InChI is InChI=1S/C11H20O/c1-3-4-8-11(2)9-6-5-7-10-12/h5,7,10-11H,3-4,6,8-9H2,1-2H3. The van der Waals surface area contributed by atoms with E-state index in [1.165, 1.54) is 25.7 Å². The molecular formula is C11H20O. The lowest BCUT2D eigenvalue weighted by atomic mass is 9.99. The smallest absolute Gasteiger partial charge is 0.142 e. The quantitative estimate of drug-likeness (QED) is 0.421. The van der Waals surface area contributed by atoms with Crippen LogP contribution in [0.5, 0.6) is 0 Å². The number of carbonyl (C=O) groups excluding carboxylic acids is 1. The third-order valence-corrected chi connectivity index (χ3v) is 2.09. The number of hydrogen-bond donors (Lipinski definition) is 0. The fourth-order valence-corrected chi connectivity index (χ4v) is 1.23. The molecule has 0 aliphatic heterocycles. The van der Waals surface area contributed by atoms with E-state index >= 15 is 0 Å². The Morgan fingerprint density at radius 2 is 2.08 bits per heavy atom. The Labute approximate surface area is 75.9 Å². The van der Waals surface area contributed by atoms with Gasteiger partial charge in [0.1, 0.15) is 6.29 Å². The minimum atomic E-state index is 0.807. The Morgan fingerprint density at radius 3 is 2.67 bits per heavy atom. The number of allylic oxidation sites excluding steroid dienone is 2. The van der Waals surface area contributed by atoms with E-state index in [0.717, 1.165) is 18.6 Å². The van der Waals surface area contributed by atoms with Crippen LogP contribution in [-0.4, -0.2) is 6.29 Å². The minimum absolute atomic E-state index is 0.807. The zero-order valence-corrected chi connectivity index (χ0v) is 8.25. The van der Waals surface area contributed by atoms with Crippen molar-refractivity contribution in [2.45, 2.75) is 46.0 Å². The highest BCUT2D eigenvalue weighted by Gasteiger charge is 1.98. The van der Waals surface area contributed by atoms with Crippen molar-refractivity contribution in [1.82, 2.24) is 0 Å². The topological polar surface area (TPSA) is 17.1 Å². The minimum Gasteiger partial charge on any atom is -0.299 e. The molecule has 0 radical (unpaired) electrons. The molecule has 0 saturated carbocycles. The van der Waals surface area contributed by atoms with Crippen molar-refractivity contribution in [3.63, 3.8) is 0 Å². The van der Waals surface area contributed by atoms with Crippen LogP contribution >= 0.6 is 0 Å². The fraction of sp³-hybridized carbons (Fsp3) is 0.727.